The number of rotatable bonds is 3. The van der Waals surface area contributed by atoms with E-state index in [1.54, 1.807) is 6.07 Å². The first-order valence-electron chi connectivity index (χ1n) is 6.88. The number of carboxylic acids is 1. The number of H-pyrrole nitrogens is 1. The SMILES string of the molecule is CN1CCN(Cc2cccc3cc(C(=O)O)[nH]c23)CC1. The molecule has 5 nitrogen and oxygen atoms in total. The predicted molar refractivity (Wildman–Crippen MR) is 78.0 cm³/mol. The summed E-state index contributed by atoms with van der Waals surface area (Å²) in [5.41, 5.74) is 2.37. The van der Waals surface area contributed by atoms with Gasteiger partial charge in [0.15, 0.2) is 0 Å². The molecule has 2 N–H and O–H groups in total. The maximum atomic E-state index is 11.1. The number of piperazine rings is 1. The van der Waals surface area contributed by atoms with E-state index in [1.165, 1.54) is 5.56 Å². The molecule has 0 aliphatic carbocycles. The van der Waals surface area contributed by atoms with E-state index >= 15 is 0 Å². The van der Waals surface area contributed by atoms with Crippen LogP contribution >= 0.6 is 0 Å². The van der Waals surface area contributed by atoms with Gasteiger partial charge >= 0.3 is 5.97 Å². The Kier molecular flexibility index (Phi) is 3.46. The van der Waals surface area contributed by atoms with Crippen molar-refractivity contribution in [1.82, 2.24) is 14.8 Å². The fraction of sp³-hybridized carbons (Fsp3) is 0.400. The van der Waals surface area contributed by atoms with Gasteiger partial charge in [0.25, 0.3) is 0 Å². The van der Waals surface area contributed by atoms with Gasteiger partial charge < -0.3 is 15.0 Å². The standard InChI is InChI=1S/C15H19N3O2/c1-17-5-7-18(8-6-17)10-12-4-2-3-11-9-13(15(19)20)16-14(11)12/h2-4,9,16H,5-8,10H2,1H3,(H,19,20). The molecule has 0 bridgehead atoms. The number of hydrogen-bond acceptors (Lipinski definition) is 3. The lowest BCUT2D eigenvalue weighted by Gasteiger charge is -2.32. The third-order valence-corrected chi connectivity index (χ3v) is 3.96. The molecular weight excluding hydrogens is 254 g/mol. The summed E-state index contributed by atoms with van der Waals surface area (Å²) in [7, 11) is 2.14. The number of fused-ring (bicyclic) bond motifs is 1. The van der Waals surface area contributed by atoms with Crippen LogP contribution in [0.25, 0.3) is 10.9 Å². The van der Waals surface area contributed by atoms with Gasteiger partial charge in [0, 0.05) is 38.1 Å². The van der Waals surface area contributed by atoms with Crippen LogP contribution in [0.2, 0.25) is 0 Å². The molecule has 2 heterocycles. The average molecular weight is 273 g/mol. The Morgan fingerprint density at radius 2 is 2.05 bits per heavy atom. The lowest BCUT2D eigenvalue weighted by Crippen LogP contribution is -2.43. The first-order valence-corrected chi connectivity index (χ1v) is 6.88. The van der Waals surface area contributed by atoms with E-state index < -0.39 is 5.97 Å². The Labute approximate surface area is 117 Å². The molecule has 3 rings (SSSR count). The Hall–Kier alpha value is -1.85. The van der Waals surface area contributed by atoms with Crippen molar-refractivity contribution < 1.29 is 9.90 Å². The lowest BCUT2D eigenvalue weighted by atomic mass is 10.1. The number of hydrogen-bond donors (Lipinski definition) is 2. The molecular formula is C15H19N3O2. The van der Waals surface area contributed by atoms with Gasteiger partial charge in [-0.15, -0.1) is 0 Å². The average Bonchev–Trinajstić information content (AvgIpc) is 2.87. The van der Waals surface area contributed by atoms with E-state index in [9.17, 15) is 4.79 Å². The van der Waals surface area contributed by atoms with Crippen LogP contribution in [0.5, 0.6) is 0 Å². The highest BCUT2D eigenvalue weighted by molar-refractivity contribution is 5.94. The number of benzene rings is 1. The lowest BCUT2D eigenvalue weighted by molar-refractivity contribution is 0.0691. The van der Waals surface area contributed by atoms with Crippen LogP contribution in [0.3, 0.4) is 0 Å². The summed E-state index contributed by atoms with van der Waals surface area (Å²) >= 11 is 0. The zero-order valence-corrected chi connectivity index (χ0v) is 11.6. The molecule has 1 fully saturated rings. The number of likely N-dealkylation sites (N-methyl/N-ethyl adjacent to an activating group) is 1. The molecule has 0 unspecified atom stereocenters. The molecule has 5 heteroatoms. The van der Waals surface area contributed by atoms with Gasteiger partial charge in [-0.1, -0.05) is 18.2 Å². The summed E-state index contributed by atoms with van der Waals surface area (Å²) in [6.45, 7) is 5.14. The molecule has 1 aromatic heterocycles. The van der Waals surface area contributed by atoms with Crippen LogP contribution in [-0.4, -0.2) is 59.1 Å². The van der Waals surface area contributed by atoms with Crippen molar-refractivity contribution in [3.63, 3.8) is 0 Å². The van der Waals surface area contributed by atoms with Crippen LogP contribution in [0.15, 0.2) is 24.3 Å². The number of aromatic carboxylic acids is 1. The molecule has 1 aliphatic heterocycles. The van der Waals surface area contributed by atoms with E-state index in [1.807, 2.05) is 12.1 Å². The number of aromatic nitrogens is 1. The topological polar surface area (TPSA) is 59.6 Å². The third kappa shape index (κ3) is 2.55. The van der Waals surface area contributed by atoms with Crippen LogP contribution in [0.1, 0.15) is 16.1 Å². The van der Waals surface area contributed by atoms with Crippen molar-refractivity contribution >= 4 is 16.9 Å². The van der Waals surface area contributed by atoms with E-state index in [0.717, 1.165) is 43.6 Å². The predicted octanol–water partition coefficient (Wildman–Crippen LogP) is 1.61. The minimum atomic E-state index is -0.910. The number of carboxylic acid groups (broad SMARTS) is 1. The molecule has 0 saturated carbocycles. The molecule has 20 heavy (non-hydrogen) atoms. The van der Waals surface area contributed by atoms with Gasteiger partial charge in [-0.3, -0.25) is 4.90 Å². The third-order valence-electron chi connectivity index (χ3n) is 3.96. The van der Waals surface area contributed by atoms with Crippen LogP contribution in [0, 0.1) is 0 Å². The molecule has 2 aromatic rings. The zero-order chi connectivity index (χ0) is 14.1. The van der Waals surface area contributed by atoms with Crippen molar-refractivity contribution in [1.29, 1.82) is 0 Å². The summed E-state index contributed by atoms with van der Waals surface area (Å²) < 4.78 is 0. The van der Waals surface area contributed by atoms with E-state index in [2.05, 4.69) is 27.9 Å². The van der Waals surface area contributed by atoms with Crippen molar-refractivity contribution in [3.8, 4) is 0 Å². The van der Waals surface area contributed by atoms with Crippen molar-refractivity contribution in [3.05, 3.63) is 35.5 Å². The molecule has 106 valence electrons. The number of para-hydroxylation sites is 1. The van der Waals surface area contributed by atoms with Crippen molar-refractivity contribution in [2.45, 2.75) is 6.54 Å². The highest BCUT2D eigenvalue weighted by Gasteiger charge is 2.16. The van der Waals surface area contributed by atoms with Gasteiger partial charge in [-0.05, 0) is 18.7 Å². The Bertz CT molecular complexity index is 627. The second-order valence-corrected chi connectivity index (χ2v) is 5.45. The molecule has 0 spiro atoms. The fourth-order valence-corrected chi connectivity index (χ4v) is 2.71. The van der Waals surface area contributed by atoms with Gasteiger partial charge in [0.2, 0.25) is 0 Å². The van der Waals surface area contributed by atoms with Crippen LogP contribution < -0.4 is 0 Å². The Morgan fingerprint density at radius 3 is 2.75 bits per heavy atom. The minimum absolute atomic E-state index is 0.255. The Balaban J connectivity index is 1.85. The maximum absolute atomic E-state index is 11.1. The number of carbonyl (C=O) groups is 1. The molecule has 1 saturated heterocycles. The zero-order valence-electron chi connectivity index (χ0n) is 11.6. The monoisotopic (exact) mass is 273 g/mol. The molecule has 0 atom stereocenters. The summed E-state index contributed by atoms with van der Waals surface area (Å²) in [6.07, 6.45) is 0. The summed E-state index contributed by atoms with van der Waals surface area (Å²) in [4.78, 5) is 18.8. The normalized spacial score (nSPS) is 17.6. The second kappa shape index (κ2) is 5.26. The number of nitrogens with one attached hydrogen (secondary N) is 1. The fourth-order valence-electron chi connectivity index (χ4n) is 2.71. The first kappa shape index (κ1) is 13.1. The van der Waals surface area contributed by atoms with Crippen LogP contribution in [0.4, 0.5) is 0 Å². The largest absolute Gasteiger partial charge is 0.477 e. The number of aromatic amines is 1. The minimum Gasteiger partial charge on any atom is -0.477 e. The van der Waals surface area contributed by atoms with Gasteiger partial charge in [-0.25, -0.2) is 4.79 Å². The second-order valence-electron chi connectivity index (χ2n) is 5.45. The molecule has 0 radical (unpaired) electrons. The van der Waals surface area contributed by atoms with E-state index in [-0.39, 0.29) is 5.69 Å². The van der Waals surface area contributed by atoms with Crippen LogP contribution in [-0.2, 0) is 6.54 Å². The van der Waals surface area contributed by atoms with Crippen molar-refractivity contribution in [2.75, 3.05) is 33.2 Å². The van der Waals surface area contributed by atoms with Gasteiger partial charge in [0.05, 0.1) is 5.52 Å². The Morgan fingerprint density at radius 1 is 1.30 bits per heavy atom. The summed E-state index contributed by atoms with van der Waals surface area (Å²) in [5.74, 6) is -0.910. The molecule has 1 aliphatic rings. The van der Waals surface area contributed by atoms with Gasteiger partial charge in [0.1, 0.15) is 5.69 Å². The van der Waals surface area contributed by atoms with E-state index in [4.69, 9.17) is 5.11 Å². The quantitative estimate of drug-likeness (QED) is 0.892. The van der Waals surface area contributed by atoms with Crippen molar-refractivity contribution in [2.24, 2.45) is 0 Å². The number of nitrogens with zero attached hydrogens (tertiary/aromatic N) is 2. The smallest absolute Gasteiger partial charge is 0.352 e. The first-order chi connectivity index (χ1) is 9.63. The highest BCUT2D eigenvalue weighted by atomic mass is 16.4. The molecule has 1 aromatic carbocycles. The van der Waals surface area contributed by atoms with E-state index in [0.29, 0.717) is 0 Å². The summed E-state index contributed by atoms with van der Waals surface area (Å²) in [6, 6.07) is 7.72. The van der Waals surface area contributed by atoms with Gasteiger partial charge in [-0.2, -0.15) is 0 Å². The maximum Gasteiger partial charge on any atom is 0.352 e. The molecule has 0 amide bonds. The highest BCUT2D eigenvalue weighted by Crippen LogP contribution is 2.21. The summed E-state index contributed by atoms with van der Waals surface area (Å²) in [5, 5.41) is 10.0.